The Morgan fingerprint density at radius 2 is 1.94 bits per heavy atom. The highest BCUT2D eigenvalue weighted by Crippen LogP contribution is 2.12. The average Bonchev–Trinajstić information content (AvgIpc) is 2.38. The van der Waals surface area contributed by atoms with Crippen LogP contribution in [0.4, 0.5) is 4.79 Å². The van der Waals surface area contributed by atoms with Crippen LogP contribution in [0.2, 0.25) is 0 Å². The molecule has 0 saturated heterocycles. The lowest BCUT2D eigenvalue weighted by atomic mass is 10.2. The summed E-state index contributed by atoms with van der Waals surface area (Å²) in [5, 5.41) is 0.908. The molecule has 2 rings (SSSR count). The number of hydrogen-bond acceptors (Lipinski definition) is 5. The van der Waals surface area contributed by atoms with Crippen molar-refractivity contribution in [1.82, 2.24) is 4.98 Å². The molecular formula is C13H11NO4. The van der Waals surface area contributed by atoms with E-state index in [2.05, 4.69) is 14.5 Å². The highest BCUT2D eigenvalue weighted by Gasteiger charge is 2.15. The van der Waals surface area contributed by atoms with Crippen LogP contribution in [-0.2, 0) is 9.47 Å². The second-order valence-electron chi connectivity index (χ2n) is 3.46. The van der Waals surface area contributed by atoms with E-state index in [9.17, 15) is 9.59 Å². The zero-order chi connectivity index (χ0) is 13.0. The van der Waals surface area contributed by atoms with Gasteiger partial charge >= 0.3 is 12.1 Å². The Bertz CT molecular complexity index is 594. The summed E-state index contributed by atoms with van der Waals surface area (Å²) in [6, 6.07) is 10.6. The molecule has 0 amide bonds. The Labute approximate surface area is 103 Å². The van der Waals surface area contributed by atoms with E-state index in [1.54, 1.807) is 19.1 Å². The van der Waals surface area contributed by atoms with Crippen molar-refractivity contribution in [3.8, 4) is 0 Å². The second-order valence-corrected chi connectivity index (χ2v) is 3.46. The Hall–Kier alpha value is -2.43. The first-order valence-electron chi connectivity index (χ1n) is 5.45. The van der Waals surface area contributed by atoms with Crippen molar-refractivity contribution < 1.29 is 19.1 Å². The number of carbonyl (C=O) groups is 2. The minimum absolute atomic E-state index is 0.0711. The zero-order valence-corrected chi connectivity index (χ0v) is 9.75. The molecule has 0 N–H and O–H groups in total. The summed E-state index contributed by atoms with van der Waals surface area (Å²) >= 11 is 0. The number of carbonyl (C=O) groups excluding carboxylic acids is 2. The van der Waals surface area contributed by atoms with Crippen molar-refractivity contribution >= 4 is 23.0 Å². The van der Waals surface area contributed by atoms with Crippen LogP contribution in [0.25, 0.3) is 10.9 Å². The van der Waals surface area contributed by atoms with Crippen molar-refractivity contribution in [2.24, 2.45) is 0 Å². The van der Waals surface area contributed by atoms with Gasteiger partial charge in [-0.2, -0.15) is 0 Å². The van der Waals surface area contributed by atoms with Gasteiger partial charge in [-0.15, -0.1) is 0 Å². The maximum atomic E-state index is 11.6. The normalized spacial score (nSPS) is 10.1. The summed E-state index contributed by atoms with van der Waals surface area (Å²) in [6.45, 7) is 1.78. The topological polar surface area (TPSA) is 65.5 Å². The van der Waals surface area contributed by atoms with E-state index in [1.807, 2.05) is 18.2 Å². The number of rotatable bonds is 2. The van der Waals surface area contributed by atoms with Gasteiger partial charge in [-0.1, -0.05) is 24.3 Å². The number of fused-ring (bicyclic) bond motifs is 1. The number of ether oxygens (including phenoxy) is 2. The van der Waals surface area contributed by atoms with Crippen molar-refractivity contribution in [1.29, 1.82) is 0 Å². The van der Waals surface area contributed by atoms with Crippen LogP contribution >= 0.6 is 0 Å². The highest BCUT2D eigenvalue weighted by molar-refractivity contribution is 5.95. The first-order chi connectivity index (χ1) is 8.70. The third-order valence-electron chi connectivity index (χ3n) is 2.25. The van der Waals surface area contributed by atoms with E-state index in [0.717, 1.165) is 5.39 Å². The van der Waals surface area contributed by atoms with Gasteiger partial charge in [0.2, 0.25) is 0 Å². The molecule has 0 bridgehead atoms. The summed E-state index contributed by atoms with van der Waals surface area (Å²) < 4.78 is 8.97. The van der Waals surface area contributed by atoms with Gasteiger partial charge in [0.1, 0.15) is 5.69 Å². The molecule has 1 heterocycles. The molecule has 0 spiro atoms. The van der Waals surface area contributed by atoms with E-state index < -0.39 is 12.1 Å². The number of benzene rings is 1. The summed E-state index contributed by atoms with van der Waals surface area (Å²) in [5.41, 5.74) is 0.734. The van der Waals surface area contributed by atoms with Crippen LogP contribution in [0.5, 0.6) is 0 Å². The van der Waals surface area contributed by atoms with Gasteiger partial charge in [-0.05, 0) is 19.1 Å². The molecule has 0 aliphatic carbocycles. The number of nitrogens with zero attached hydrogens (tertiary/aromatic N) is 1. The summed E-state index contributed by atoms with van der Waals surface area (Å²) in [6.07, 6.45) is -1.02. The molecule has 0 atom stereocenters. The minimum Gasteiger partial charge on any atom is -0.434 e. The molecule has 0 aliphatic heterocycles. The molecule has 18 heavy (non-hydrogen) atoms. The van der Waals surface area contributed by atoms with Crippen molar-refractivity contribution in [2.75, 3.05) is 6.61 Å². The maximum Gasteiger partial charge on any atom is 0.516 e. The molecule has 1 aromatic heterocycles. The minimum atomic E-state index is -1.02. The molecule has 1 aromatic carbocycles. The molecule has 2 aromatic rings. The number of aromatic nitrogens is 1. The quantitative estimate of drug-likeness (QED) is 0.601. The van der Waals surface area contributed by atoms with Gasteiger partial charge in [0, 0.05) is 5.39 Å². The molecule has 5 heteroatoms. The average molecular weight is 245 g/mol. The third kappa shape index (κ3) is 2.63. The number of pyridine rings is 1. The standard InChI is InChI=1S/C13H11NO4/c1-2-17-13(16)18-12(15)11-8-7-9-5-3-4-6-10(9)14-11/h3-8H,2H2,1H3. The molecular weight excluding hydrogens is 234 g/mol. The molecule has 5 nitrogen and oxygen atoms in total. The summed E-state index contributed by atoms with van der Waals surface area (Å²) in [7, 11) is 0. The van der Waals surface area contributed by atoms with E-state index in [1.165, 1.54) is 6.07 Å². The monoisotopic (exact) mass is 245 g/mol. The van der Waals surface area contributed by atoms with Crippen LogP contribution in [-0.4, -0.2) is 23.7 Å². The molecule has 0 fully saturated rings. The predicted molar refractivity (Wildman–Crippen MR) is 64.2 cm³/mol. The fourth-order valence-electron chi connectivity index (χ4n) is 1.46. The van der Waals surface area contributed by atoms with E-state index >= 15 is 0 Å². The fourth-order valence-corrected chi connectivity index (χ4v) is 1.46. The van der Waals surface area contributed by atoms with E-state index in [-0.39, 0.29) is 12.3 Å². The van der Waals surface area contributed by atoms with Crippen molar-refractivity contribution in [3.05, 3.63) is 42.1 Å². The molecule has 0 radical (unpaired) electrons. The largest absolute Gasteiger partial charge is 0.516 e. The predicted octanol–water partition coefficient (Wildman–Crippen LogP) is 2.55. The molecule has 0 saturated carbocycles. The van der Waals surface area contributed by atoms with Gasteiger partial charge in [0.05, 0.1) is 12.1 Å². The summed E-state index contributed by atoms with van der Waals surface area (Å²) in [5.74, 6) is -0.820. The maximum absolute atomic E-state index is 11.6. The molecule has 0 unspecified atom stereocenters. The van der Waals surface area contributed by atoms with Gasteiger partial charge in [-0.25, -0.2) is 14.6 Å². The van der Waals surface area contributed by atoms with Crippen molar-refractivity contribution in [3.63, 3.8) is 0 Å². The Kier molecular flexibility index (Phi) is 3.52. The molecule has 92 valence electrons. The lowest BCUT2D eigenvalue weighted by molar-refractivity contribution is 0.0396. The van der Waals surface area contributed by atoms with Gasteiger partial charge in [0.25, 0.3) is 0 Å². The highest BCUT2D eigenvalue weighted by atomic mass is 16.7. The van der Waals surface area contributed by atoms with Crippen LogP contribution < -0.4 is 0 Å². The lowest BCUT2D eigenvalue weighted by Gasteiger charge is -2.03. The van der Waals surface area contributed by atoms with E-state index in [4.69, 9.17) is 0 Å². The van der Waals surface area contributed by atoms with Gasteiger partial charge in [-0.3, -0.25) is 0 Å². The Morgan fingerprint density at radius 1 is 1.17 bits per heavy atom. The lowest BCUT2D eigenvalue weighted by Crippen LogP contribution is -2.15. The fraction of sp³-hybridized carbons (Fsp3) is 0.154. The van der Waals surface area contributed by atoms with Crippen LogP contribution in [0.15, 0.2) is 36.4 Å². The number of esters is 1. The first-order valence-corrected chi connectivity index (χ1v) is 5.45. The number of hydrogen-bond donors (Lipinski definition) is 0. The first kappa shape index (κ1) is 12.0. The van der Waals surface area contributed by atoms with Crippen LogP contribution in [0.3, 0.4) is 0 Å². The van der Waals surface area contributed by atoms with Gasteiger partial charge in [0.15, 0.2) is 0 Å². The van der Waals surface area contributed by atoms with Crippen molar-refractivity contribution in [2.45, 2.75) is 6.92 Å². The number of para-hydroxylation sites is 1. The SMILES string of the molecule is CCOC(=O)OC(=O)c1ccc2ccccc2n1. The van der Waals surface area contributed by atoms with Gasteiger partial charge < -0.3 is 9.47 Å². The second kappa shape index (κ2) is 5.27. The van der Waals surface area contributed by atoms with Crippen LogP contribution in [0.1, 0.15) is 17.4 Å². The third-order valence-corrected chi connectivity index (χ3v) is 2.25. The van der Waals surface area contributed by atoms with Crippen LogP contribution in [0, 0.1) is 0 Å². The summed E-state index contributed by atoms with van der Waals surface area (Å²) in [4.78, 5) is 26.7. The Balaban J connectivity index is 2.20. The Morgan fingerprint density at radius 3 is 2.72 bits per heavy atom. The smallest absolute Gasteiger partial charge is 0.434 e. The van der Waals surface area contributed by atoms with E-state index in [0.29, 0.717) is 5.52 Å². The molecule has 0 aliphatic rings. The zero-order valence-electron chi connectivity index (χ0n) is 9.75.